The Balaban J connectivity index is 1.22. The van der Waals surface area contributed by atoms with Crippen LogP contribution < -0.4 is 10.1 Å². The summed E-state index contributed by atoms with van der Waals surface area (Å²) in [5.41, 5.74) is 2.61. The molecule has 1 saturated heterocycles. The SMILES string of the molecule is COc1ccc(C2CC2C(=O)NC2CCN(Cc3ccccc3)CC2)cc1. The van der Waals surface area contributed by atoms with E-state index in [1.807, 2.05) is 12.1 Å². The lowest BCUT2D eigenvalue weighted by Crippen LogP contribution is -2.44. The Morgan fingerprint density at radius 1 is 1.07 bits per heavy atom. The smallest absolute Gasteiger partial charge is 0.223 e. The molecule has 1 amide bonds. The third kappa shape index (κ3) is 4.51. The van der Waals surface area contributed by atoms with Gasteiger partial charge in [0.05, 0.1) is 7.11 Å². The number of nitrogens with one attached hydrogen (secondary N) is 1. The number of hydrogen-bond acceptors (Lipinski definition) is 3. The van der Waals surface area contributed by atoms with E-state index in [9.17, 15) is 4.79 Å². The van der Waals surface area contributed by atoms with Crippen LogP contribution in [0.3, 0.4) is 0 Å². The van der Waals surface area contributed by atoms with Crippen molar-refractivity contribution in [1.82, 2.24) is 10.2 Å². The molecule has 4 nitrogen and oxygen atoms in total. The highest BCUT2D eigenvalue weighted by Gasteiger charge is 2.44. The van der Waals surface area contributed by atoms with Crippen molar-refractivity contribution < 1.29 is 9.53 Å². The van der Waals surface area contributed by atoms with Gasteiger partial charge in [0.2, 0.25) is 5.91 Å². The van der Waals surface area contributed by atoms with Crippen molar-refractivity contribution in [3.8, 4) is 5.75 Å². The molecule has 0 bridgehead atoms. The van der Waals surface area contributed by atoms with Gasteiger partial charge in [-0.25, -0.2) is 0 Å². The van der Waals surface area contributed by atoms with Crippen LogP contribution in [0, 0.1) is 5.92 Å². The van der Waals surface area contributed by atoms with E-state index in [0.29, 0.717) is 12.0 Å². The summed E-state index contributed by atoms with van der Waals surface area (Å²) in [5.74, 6) is 1.61. The van der Waals surface area contributed by atoms with Crippen LogP contribution in [0.1, 0.15) is 36.3 Å². The van der Waals surface area contributed by atoms with Crippen molar-refractivity contribution >= 4 is 5.91 Å². The minimum atomic E-state index is 0.140. The molecule has 2 fully saturated rings. The van der Waals surface area contributed by atoms with Crippen LogP contribution in [0.15, 0.2) is 54.6 Å². The van der Waals surface area contributed by atoms with E-state index < -0.39 is 0 Å². The fourth-order valence-electron chi connectivity index (χ4n) is 4.09. The molecule has 2 unspecified atom stereocenters. The van der Waals surface area contributed by atoms with Crippen molar-refractivity contribution in [1.29, 1.82) is 0 Å². The van der Waals surface area contributed by atoms with Gasteiger partial charge in [-0.1, -0.05) is 42.5 Å². The van der Waals surface area contributed by atoms with Crippen LogP contribution in [-0.4, -0.2) is 37.0 Å². The van der Waals surface area contributed by atoms with Crippen LogP contribution >= 0.6 is 0 Å². The van der Waals surface area contributed by atoms with Crippen LogP contribution in [0.2, 0.25) is 0 Å². The Bertz CT molecular complexity index is 752. The first-order valence-corrected chi connectivity index (χ1v) is 9.93. The van der Waals surface area contributed by atoms with Gasteiger partial charge in [-0.05, 0) is 48.4 Å². The number of carbonyl (C=O) groups excluding carboxylic acids is 1. The first-order chi connectivity index (χ1) is 13.2. The molecular formula is C23H28N2O2. The number of amides is 1. The van der Waals surface area contributed by atoms with E-state index in [2.05, 4.69) is 52.7 Å². The molecule has 1 heterocycles. The molecule has 1 aliphatic carbocycles. The molecule has 4 rings (SSSR count). The fourth-order valence-corrected chi connectivity index (χ4v) is 4.09. The number of ether oxygens (including phenoxy) is 1. The van der Waals surface area contributed by atoms with E-state index >= 15 is 0 Å². The van der Waals surface area contributed by atoms with Gasteiger partial charge in [-0.15, -0.1) is 0 Å². The largest absolute Gasteiger partial charge is 0.497 e. The van der Waals surface area contributed by atoms with Gasteiger partial charge < -0.3 is 10.1 Å². The summed E-state index contributed by atoms with van der Waals surface area (Å²) in [5, 5.41) is 3.30. The third-order valence-electron chi connectivity index (χ3n) is 5.85. The van der Waals surface area contributed by atoms with Gasteiger partial charge >= 0.3 is 0 Å². The molecule has 2 aromatic carbocycles. The first kappa shape index (κ1) is 18.1. The molecular weight excluding hydrogens is 336 g/mol. The Morgan fingerprint density at radius 2 is 1.78 bits per heavy atom. The van der Waals surface area contributed by atoms with E-state index in [0.717, 1.165) is 44.6 Å². The van der Waals surface area contributed by atoms with Crippen LogP contribution in [0.4, 0.5) is 0 Å². The van der Waals surface area contributed by atoms with Crippen molar-refractivity contribution in [2.75, 3.05) is 20.2 Å². The molecule has 4 heteroatoms. The third-order valence-corrected chi connectivity index (χ3v) is 5.85. The first-order valence-electron chi connectivity index (χ1n) is 9.93. The number of hydrogen-bond donors (Lipinski definition) is 1. The number of nitrogens with zero attached hydrogens (tertiary/aromatic N) is 1. The monoisotopic (exact) mass is 364 g/mol. The van der Waals surface area contributed by atoms with E-state index in [1.54, 1.807) is 7.11 Å². The summed E-state index contributed by atoms with van der Waals surface area (Å²) in [6.07, 6.45) is 3.04. The van der Waals surface area contributed by atoms with Crippen LogP contribution in [-0.2, 0) is 11.3 Å². The molecule has 27 heavy (non-hydrogen) atoms. The average Bonchev–Trinajstić information content (AvgIpc) is 3.51. The lowest BCUT2D eigenvalue weighted by atomic mass is 10.0. The zero-order valence-corrected chi connectivity index (χ0v) is 15.9. The fraction of sp³-hybridized carbons (Fsp3) is 0.435. The molecule has 142 valence electrons. The Labute approximate surface area is 161 Å². The van der Waals surface area contributed by atoms with Crippen molar-refractivity contribution in [2.45, 2.75) is 37.8 Å². The minimum Gasteiger partial charge on any atom is -0.497 e. The molecule has 0 aromatic heterocycles. The lowest BCUT2D eigenvalue weighted by Gasteiger charge is -2.32. The molecule has 2 aliphatic rings. The molecule has 0 spiro atoms. The number of rotatable bonds is 6. The van der Waals surface area contributed by atoms with E-state index in [1.165, 1.54) is 11.1 Å². The van der Waals surface area contributed by atoms with E-state index in [-0.39, 0.29) is 11.8 Å². The Kier molecular flexibility index (Phi) is 5.44. The summed E-state index contributed by atoms with van der Waals surface area (Å²) >= 11 is 0. The average molecular weight is 364 g/mol. The zero-order chi connectivity index (χ0) is 18.6. The predicted octanol–water partition coefficient (Wildman–Crippen LogP) is 3.58. The second-order valence-electron chi connectivity index (χ2n) is 7.77. The number of likely N-dealkylation sites (tertiary alicyclic amines) is 1. The Morgan fingerprint density at radius 3 is 2.44 bits per heavy atom. The van der Waals surface area contributed by atoms with Gasteiger partial charge in [0, 0.05) is 31.6 Å². The summed E-state index contributed by atoms with van der Waals surface area (Å²) in [6, 6.07) is 19.0. The molecule has 1 aliphatic heterocycles. The van der Waals surface area contributed by atoms with Gasteiger partial charge in [-0.3, -0.25) is 9.69 Å². The Hall–Kier alpha value is -2.33. The summed E-state index contributed by atoms with van der Waals surface area (Å²) in [4.78, 5) is 15.1. The second kappa shape index (κ2) is 8.13. The second-order valence-corrected chi connectivity index (χ2v) is 7.77. The van der Waals surface area contributed by atoms with Gasteiger partial charge in [-0.2, -0.15) is 0 Å². The normalized spacial score (nSPS) is 23.0. The molecule has 2 atom stereocenters. The quantitative estimate of drug-likeness (QED) is 0.852. The number of benzene rings is 2. The highest BCUT2D eigenvalue weighted by atomic mass is 16.5. The maximum absolute atomic E-state index is 12.6. The topological polar surface area (TPSA) is 41.6 Å². The van der Waals surface area contributed by atoms with Crippen LogP contribution in [0.25, 0.3) is 0 Å². The van der Waals surface area contributed by atoms with Crippen molar-refractivity contribution in [2.24, 2.45) is 5.92 Å². The molecule has 0 radical (unpaired) electrons. The van der Waals surface area contributed by atoms with Crippen molar-refractivity contribution in [3.05, 3.63) is 65.7 Å². The van der Waals surface area contributed by atoms with Gasteiger partial charge in [0.15, 0.2) is 0 Å². The lowest BCUT2D eigenvalue weighted by molar-refractivity contribution is -0.123. The number of carbonyl (C=O) groups is 1. The zero-order valence-electron chi connectivity index (χ0n) is 15.9. The highest BCUT2D eigenvalue weighted by molar-refractivity contribution is 5.83. The number of methoxy groups -OCH3 is 1. The van der Waals surface area contributed by atoms with E-state index in [4.69, 9.17) is 4.74 Å². The van der Waals surface area contributed by atoms with Crippen molar-refractivity contribution in [3.63, 3.8) is 0 Å². The maximum atomic E-state index is 12.6. The van der Waals surface area contributed by atoms with Gasteiger partial charge in [0.25, 0.3) is 0 Å². The maximum Gasteiger partial charge on any atom is 0.223 e. The number of piperidine rings is 1. The summed E-state index contributed by atoms with van der Waals surface area (Å²) in [7, 11) is 1.67. The van der Waals surface area contributed by atoms with Gasteiger partial charge in [0.1, 0.15) is 5.75 Å². The standard InChI is InChI=1S/C23H28N2O2/c1-27-20-9-7-18(8-10-20)21-15-22(21)23(26)24-19-11-13-25(14-12-19)16-17-5-3-2-4-6-17/h2-10,19,21-22H,11-16H2,1H3,(H,24,26). The van der Waals surface area contributed by atoms with Crippen LogP contribution in [0.5, 0.6) is 5.75 Å². The minimum absolute atomic E-state index is 0.140. The molecule has 1 saturated carbocycles. The molecule has 2 aromatic rings. The molecule has 1 N–H and O–H groups in total. The highest BCUT2D eigenvalue weighted by Crippen LogP contribution is 2.47. The summed E-state index contributed by atoms with van der Waals surface area (Å²) < 4.78 is 5.21. The predicted molar refractivity (Wildman–Crippen MR) is 107 cm³/mol. The summed E-state index contributed by atoms with van der Waals surface area (Å²) in [6.45, 7) is 3.10.